The molecule has 9 nitrogen and oxygen atoms in total. The molecule has 9 heteroatoms. The van der Waals surface area contributed by atoms with Crippen molar-refractivity contribution in [3.05, 3.63) is 65.7 Å². The van der Waals surface area contributed by atoms with Crippen LogP contribution < -0.4 is 20.8 Å². The van der Waals surface area contributed by atoms with Crippen LogP contribution in [0.15, 0.2) is 59.7 Å². The Morgan fingerprint density at radius 2 is 1.72 bits per heavy atom. The lowest BCUT2D eigenvalue weighted by Crippen LogP contribution is -2.31. The van der Waals surface area contributed by atoms with Gasteiger partial charge in [-0.15, -0.1) is 0 Å². The smallest absolute Gasteiger partial charge is 0.258 e. The van der Waals surface area contributed by atoms with Crippen molar-refractivity contribution in [2.45, 2.75) is 19.4 Å². The first-order valence-electron chi connectivity index (χ1n) is 10.1. The highest BCUT2D eigenvalue weighted by Gasteiger charge is 2.10. The first-order valence-corrected chi connectivity index (χ1v) is 10.1. The van der Waals surface area contributed by atoms with E-state index in [1.165, 1.54) is 13.3 Å². The van der Waals surface area contributed by atoms with Gasteiger partial charge in [0, 0.05) is 13.7 Å². The first kappa shape index (κ1) is 24.5. The van der Waals surface area contributed by atoms with Gasteiger partial charge in [0.05, 0.1) is 18.9 Å². The summed E-state index contributed by atoms with van der Waals surface area (Å²) in [6.07, 6.45) is 1.12. The second-order valence-electron chi connectivity index (χ2n) is 6.87. The van der Waals surface area contributed by atoms with Gasteiger partial charge >= 0.3 is 0 Å². The van der Waals surface area contributed by atoms with Crippen LogP contribution in [0.4, 0.5) is 0 Å². The van der Waals surface area contributed by atoms with Crippen molar-refractivity contribution in [1.29, 1.82) is 0 Å². The lowest BCUT2D eigenvalue weighted by Gasteiger charge is -2.14. The zero-order chi connectivity index (χ0) is 23.2. The average molecular weight is 441 g/mol. The zero-order valence-corrected chi connectivity index (χ0v) is 18.2. The van der Waals surface area contributed by atoms with E-state index in [0.29, 0.717) is 24.5 Å². The molecule has 0 heterocycles. The third kappa shape index (κ3) is 9.40. The number of rotatable bonds is 12. The number of carbonyl (C=O) groups is 3. The Balaban J connectivity index is 1.70. The normalized spacial score (nSPS) is 11.6. The molecular weight excluding hydrogens is 412 g/mol. The minimum absolute atomic E-state index is 0.104. The quantitative estimate of drug-likeness (QED) is 0.200. The van der Waals surface area contributed by atoms with Gasteiger partial charge in [0.2, 0.25) is 11.8 Å². The van der Waals surface area contributed by atoms with Gasteiger partial charge in [-0.05, 0) is 42.3 Å². The Labute approximate surface area is 187 Å². The monoisotopic (exact) mass is 440 g/mol. The highest BCUT2D eigenvalue weighted by Crippen LogP contribution is 2.13. The molecule has 32 heavy (non-hydrogen) atoms. The van der Waals surface area contributed by atoms with Crippen LogP contribution in [0.5, 0.6) is 5.75 Å². The molecule has 0 aliphatic carbocycles. The van der Waals surface area contributed by atoms with Crippen LogP contribution in [0.1, 0.15) is 30.5 Å². The van der Waals surface area contributed by atoms with Gasteiger partial charge in [-0.25, -0.2) is 5.43 Å². The maximum absolute atomic E-state index is 12.1. The molecule has 0 spiro atoms. The van der Waals surface area contributed by atoms with Gasteiger partial charge in [0.15, 0.2) is 6.61 Å². The summed E-state index contributed by atoms with van der Waals surface area (Å²) < 4.78 is 10.3. The van der Waals surface area contributed by atoms with E-state index >= 15 is 0 Å². The van der Waals surface area contributed by atoms with Crippen molar-refractivity contribution in [2.24, 2.45) is 5.10 Å². The summed E-state index contributed by atoms with van der Waals surface area (Å²) in [6.45, 7) is 2.53. The summed E-state index contributed by atoms with van der Waals surface area (Å²) >= 11 is 0. The van der Waals surface area contributed by atoms with Crippen LogP contribution in [0.25, 0.3) is 0 Å². The minimum Gasteiger partial charge on any atom is -0.484 e. The molecule has 2 rings (SSSR count). The molecular formula is C23H28N4O5. The fourth-order valence-corrected chi connectivity index (χ4v) is 2.63. The van der Waals surface area contributed by atoms with E-state index in [9.17, 15) is 14.4 Å². The average Bonchev–Trinajstić information content (AvgIpc) is 2.79. The molecule has 0 saturated heterocycles. The van der Waals surface area contributed by atoms with Gasteiger partial charge in [0.25, 0.3) is 5.91 Å². The molecule has 3 amide bonds. The number of nitrogens with one attached hydrogen (secondary N) is 3. The standard InChI is InChI=1S/C23H28N4O5/c1-17(19-6-4-3-5-7-19)26-23(30)16-32-20-10-8-18(9-11-20)15-25-27-22(29)14-21(28)24-12-13-31-2/h3-11,15,17H,12-14,16H2,1-2H3,(H,24,28)(H,26,30)(H,27,29)/b25-15+/t17-/m1/s1. The van der Waals surface area contributed by atoms with Gasteiger partial charge in [-0.1, -0.05) is 30.3 Å². The largest absolute Gasteiger partial charge is 0.484 e. The molecule has 0 radical (unpaired) electrons. The predicted octanol–water partition coefficient (Wildman–Crippen LogP) is 1.55. The third-order valence-corrected chi connectivity index (χ3v) is 4.28. The molecule has 2 aromatic rings. The lowest BCUT2D eigenvalue weighted by atomic mass is 10.1. The van der Waals surface area contributed by atoms with Crippen molar-refractivity contribution in [1.82, 2.24) is 16.1 Å². The molecule has 0 unspecified atom stereocenters. The van der Waals surface area contributed by atoms with Crippen LogP contribution in [-0.4, -0.2) is 50.8 Å². The fourth-order valence-electron chi connectivity index (χ4n) is 2.63. The number of benzene rings is 2. The SMILES string of the molecule is COCCNC(=O)CC(=O)N/N=C/c1ccc(OCC(=O)N[C@H](C)c2ccccc2)cc1. The van der Waals surface area contributed by atoms with Crippen LogP contribution in [0, 0.1) is 0 Å². The number of amides is 3. The second kappa shape index (κ2) is 13.6. The van der Waals surface area contributed by atoms with Gasteiger partial charge in [0.1, 0.15) is 12.2 Å². The van der Waals surface area contributed by atoms with Crippen LogP contribution in [-0.2, 0) is 19.1 Å². The molecule has 1 atom stereocenters. The summed E-state index contributed by atoms with van der Waals surface area (Å²) in [5.41, 5.74) is 4.02. The predicted molar refractivity (Wildman–Crippen MR) is 120 cm³/mol. The number of hydrazone groups is 1. The summed E-state index contributed by atoms with van der Waals surface area (Å²) in [5.74, 6) is -0.618. The summed E-state index contributed by atoms with van der Waals surface area (Å²) in [5, 5.41) is 9.25. The van der Waals surface area contributed by atoms with Crippen molar-refractivity contribution >= 4 is 23.9 Å². The fraction of sp³-hybridized carbons (Fsp3) is 0.304. The third-order valence-electron chi connectivity index (χ3n) is 4.28. The van der Waals surface area contributed by atoms with E-state index < -0.39 is 11.8 Å². The van der Waals surface area contributed by atoms with E-state index in [1.54, 1.807) is 24.3 Å². The van der Waals surface area contributed by atoms with Crippen molar-refractivity contribution in [3.8, 4) is 5.75 Å². The summed E-state index contributed by atoms with van der Waals surface area (Å²) in [6, 6.07) is 16.4. The van der Waals surface area contributed by atoms with E-state index in [4.69, 9.17) is 9.47 Å². The molecule has 0 saturated carbocycles. The zero-order valence-electron chi connectivity index (χ0n) is 18.2. The highest BCUT2D eigenvalue weighted by molar-refractivity contribution is 5.97. The number of methoxy groups -OCH3 is 1. The molecule has 0 aliphatic rings. The van der Waals surface area contributed by atoms with Crippen molar-refractivity contribution < 1.29 is 23.9 Å². The van der Waals surface area contributed by atoms with E-state index in [-0.39, 0.29) is 25.0 Å². The molecule has 0 fully saturated rings. The molecule has 0 bridgehead atoms. The van der Waals surface area contributed by atoms with E-state index in [1.807, 2.05) is 37.3 Å². The molecule has 0 aliphatic heterocycles. The first-order chi connectivity index (χ1) is 15.5. The van der Waals surface area contributed by atoms with Gasteiger partial charge in [-0.3, -0.25) is 14.4 Å². The molecule has 2 aromatic carbocycles. The molecule has 170 valence electrons. The maximum Gasteiger partial charge on any atom is 0.258 e. The number of hydrogen-bond acceptors (Lipinski definition) is 6. The van der Waals surface area contributed by atoms with E-state index in [2.05, 4.69) is 21.2 Å². The Hall–Kier alpha value is -3.72. The van der Waals surface area contributed by atoms with Crippen LogP contribution in [0.2, 0.25) is 0 Å². The number of hydrogen-bond donors (Lipinski definition) is 3. The Kier molecular flexibility index (Phi) is 10.4. The topological polar surface area (TPSA) is 118 Å². The number of ether oxygens (including phenoxy) is 2. The van der Waals surface area contributed by atoms with Crippen molar-refractivity contribution in [2.75, 3.05) is 26.9 Å². The minimum atomic E-state index is -0.521. The molecule has 0 aromatic heterocycles. The van der Waals surface area contributed by atoms with Crippen LogP contribution in [0.3, 0.4) is 0 Å². The van der Waals surface area contributed by atoms with Crippen LogP contribution >= 0.6 is 0 Å². The van der Waals surface area contributed by atoms with Crippen molar-refractivity contribution in [3.63, 3.8) is 0 Å². The summed E-state index contributed by atoms with van der Waals surface area (Å²) in [4.78, 5) is 35.3. The second-order valence-corrected chi connectivity index (χ2v) is 6.87. The summed E-state index contributed by atoms with van der Waals surface area (Å²) in [7, 11) is 1.52. The van der Waals surface area contributed by atoms with Gasteiger partial charge < -0.3 is 20.1 Å². The lowest BCUT2D eigenvalue weighted by molar-refractivity contribution is -0.129. The Morgan fingerprint density at radius 1 is 1.00 bits per heavy atom. The Morgan fingerprint density at radius 3 is 2.41 bits per heavy atom. The highest BCUT2D eigenvalue weighted by atomic mass is 16.5. The maximum atomic E-state index is 12.1. The molecule has 3 N–H and O–H groups in total. The Bertz CT molecular complexity index is 900. The van der Waals surface area contributed by atoms with Gasteiger partial charge in [-0.2, -0.15) is 5.10 Å². The number of nitrogens with zero attached hydrogens (tertiary/aromatic N) is 1. The van der Waals surface area contributed by atoms with E-state index in [0.717, 1.165) is 5.56 Å². The number of carbonyl (C=O) groups excluding carboxylic acids is 3.